The standard InChI is InChI=1S/C18H20N2O4S/c1-24-17-8-3-2-5-13(17)11-18(21)19-15-6-4-7-16(12-15)25(22,23)20-14-9-10-14/h2-8,12,14,20H,9-11H2,1H3,(H,19,21). The van der Waals surface area contributed by atoms with Crippen molar-refractivity contribution in [3.8, 4) is 5.75 Å². The largest absolute Gasteiger partial charge is 0.496 e. The van der Waals surface area contributed by atoms with Gasteiger partial charge in [0.15, 0.2) is 0 Å². The summed E-state index contributed by atoms with van der Waals surface area (Å²) in [6, 6.07) is 13.6. The molecule has 7 heteroatoms. The molecular weight excluding hydrogens is 340 g/mol. The van der Waals surface area contributed by atoms with E-state index in [1.165, 1.54) is 12.1 Å². The van der Waals surface area contributed by atoms with Gasteiger partial charge in [0.05, 0.1) is 18.4 Å². The van der Waals surface area contributed by atoms with Crippen LogP contribution in [0.2, 0.25) is 0 Å². The van der Waals surface area contributed by atoms with E-state index in [9.17, 15) is 13.2 Å². The monoisotopic (exact) mass is 360 g/mol. The van der Waals surface area contributed by atoms with Gasteiger partial charge in [-0.2, -0.15) is 0 Å². The fourth-order valence-electron chi connectivity index (χ4n) is 2.46. The zero-order valence-corrected chi connectivity index (χ0v) is 14.7. The molecule has 25 heavy (non-hydrogen) atoms. The van der Waals surface area contributed by atoms with Crippen molar-refractivity contribution < 1.29 is 17.9 Å². The molecule has 2 N–H and O–H groups in total. The molecule has 0 saturated heterocycles. The van der Waals surface area contributed by atoms with Gasteiger partial charge < -0.3 is 10.1 Å². The molecule has 0 atom stereocenters. The van der Waals surface area contributed by atoms with Crippen LogP contribution < -0.4 is 14.8 Å². The highest BCUT2D eigenvalue weighted by molar-refractivity contribution is 7.89. The van der Waals surface area contributed by atoms with Gasteiger partial charge in [-0.25, -0.2) is 13.1 Å². The fraction of sp³-hybridized carbons (Fsp3) is 0.278. The van der Waals surface area contributed by atoms with Gasteiger partial charge in [0.1, 0.15) is 5.75 Å². The molecule has 2 aromatic carbocycles. The van der Waals surface area contributed by atoms with Crippen LogP contribution in [0.1, 0.15) is 18.4 Å². The summed E-state index contributed by atoms with van der Waals surface area (Å²) in [6.07, 6.45) is 1.88. The van der Waals surface area contributed by atoms with E-state index in [1.807, 2.05) is 18.2 Å². The summed E-state index contributed by atoms with van der Waals surface area (Å²) in [5, 5.41) is 2.74. The van der Waals surface area contributed by atoms with Crippen LogP contribution >= 0.6 is 0 Å². The third kappa shape index (κ3) is 4.58. The maximum absolute atomic E-state index is 12.3. The van der Waals surface area contributed by atoms with Crippen molar-refractivity contribution in [2.75, 3.05) is 12.4 Å². The molecule has 6 nitrogen and oxygen atoms in total. The number of para-hydroxylation sites is 1. The average Bonchev–Trinajstić information content (AvgIpc) is 3.39. The van der Waals surface area contributed by atoms with E-state index in [2.05, 4.69) is 10.0 Å². The molecule has 0 unspecified atom stereocenters. The smallest absolute Gasteiger partial charge is 0.240 e. The van der Waals surface area contributed by atoms with Crippen LogP contribution in [0.25, 0.3) is 0 Å². The van der Waals surface area contributed by atoms with Crippen LogP contribution in [0.3, 0.4) is 0 Å². The van der Waals surface area contributed by atoms with Gasteiger partial charge in [-0.3, -0.25) is 4.79 Å². The van der Waals surface area contributed by atoms with Gasteiger partial charge in [-0.15, -0.1) is 0 Å². The number of nitrogens with one attached hydrogen (secondary N) is 2. The second-order valence-corrected chi connectivity index (χ2v) is 7.67. The van der Waals surface area contributed by atoms with Crippen molar-refractivity contribution >= 4 is 21.6 Å². The van der Waals surface area contributed by atoms with Crippen molar-refractivity contribution in [2.24, 2.45) is 0 Å². The van der Waals surface area contributed by atoms with Crippen molar-refractivity contribution in [1.82, 2.24) is 4.72 Å². The summed E-state index contributed by atoms with van der Waals surface area (Å²) in [5.41, 5.74) is 1.21. The van der Waals surface area contributed by atoms with E-state index in [1.54, 1.807) is 25.3 Å². The van der Waals surface area contributed by atoms with Crippen LogP contribution in [0.15, 0.2) is 53.4 Å². The molecule has 3 rings (SSSR count). The number of sulfonamides is 1. The lowest BCUT2D eigenvalue weighted by atomic mass is 10.1. The Labute approximate surface area is 147 Å². The maximum Gasteiger partial charge on any atom is 0.240 e. The number of benzene rings is 2. The summed E-state index contributed by atoms with van der Waals surface area (Å²) in [4.78, 5) is 12.4. The van der Waals surface area contributed by atoms with Gasteiger partial charge in [-0.1, -0.05) is 24.3 Å². The molecule has 1 saturated carbocycles. The minimum Gasteiger partial charge on any atom is -0.496 e. The number of hydrogen-bond donors (Lipinski definition) is 2. The number of carbonyl (C=O) groups is 1. The summed E-state index contributed by atoms with van der Waals surface area (Å²) >= 11 is 0. The zero-order chi connectivity index (χ0) is 17.9. The maximum atomic E-state index is 12.3. The summed E-state index contributed by atoms with van der Waals surface area (Å²) < 4.78 is 32.4. The molecule has 2 aromatic rings. The molecule has 0 spiro atoms. The Balaban J connectivity index is 1.70. The Morgan fingerprint density at radius 3 is 2.64 bits per heavy atom. The molecule has 0 bridgehead atoms. The van der Waals surface area contributed by atoms with Crippen molar-refractivity contribution in [2.45, 2.75) is 30.2 Å². The lowest BCUT2D eigenvalue weighted by Crippen LogP contribution is -2.25. The quantitative estimate of drug-likeness (QED) is 0.794. The van der Waals surface area contributed by atoms with E-state index < -0.39 is 10.0 Å². The van der Waals surface area contributed by atoms with Gasteiger partial charge in [0.25, 0.3) is 0 Å². The highest BCUT2D eigenvalue weighted by Crippen LogP contribution is 2.23. The Hall–Kier alpha value is -2.38. The number of methoxy groups -OCH3 is 1. The van der Waals surface area contributed by atoms with Crippen LogP contribution in [0.5, 0.6) is 5.75 Å². The SMILES string of the molecule is COc1ccccc1CC(=O)Nc1cccc(S(=O)(=O)NC2CC2)c1. The number of rotatable bonds is 7. The van der Waals surface area contributed by atoms with E-state index in [0.29, 0.717) is 11.4 Å². The first kappa shape index (κ1) is 17.4. The lowest BCUT2D eigenvalue weighted by molar-refractivity contribution is -0.115. The van der Waals surface area contributed by atoms with Gasteiger partial charge in [0, 0.05) is 17.3 Å². The van der Waals surface area contributed by atoms with Crippen LogP contribution in [0.4, 0.5) is 5.69 Å². The Kier molecular flexibility index (Phi) is 5.06. The molecule has 1 amide bonds. The van der Waals surface area contributed by atoms with Crippen molar-refractivity contribution in [3.63, 3.8) is 0 Å². The Bertz CT molecular complexity index is 876. The number of hydrogen-bond acceptors (Lipinski definition) is 4. The van der Waals surface area contributed by atoms with E-state index >= 15 is 0 Å². The fourth-order valence-corrected chi connectivity index (χ4v) is 3.81. The summed E-state index contributed by atoms with van der Waals surface area (Å²) in [5.74, 6) is 0.400. The van der Waals surface area contributed by atoms with E-state index in [4.69, 9.17) is 4.74 Å². The molecule has 0 radical (unpaired) electrons. The zero-order valence-electron chi connectivity index (χ0n) is 13.9. The van der Waals surface area contributed by atoms with Gasteiger partial charge >= 0.3 is 0 Å². The first-order valence-corrected chi connectivity index (χ1v) is 9.50. The van der Waals surface area contributed by atoms with Crippen LogP contribution in [0, 0.1) is 0 Å². The molecule has 1 fully saturated rings. The lowest BCUT2D eigenvalue weighted by Gasteiger charge is -2.10. The Morgan fingerprint density at radius 2 is 1.92 bits per heavy atom. The third-order valence-corrected chi connectivity index (χ3v) is 5.39. The highest BCUT2D eigenvalue weighted by Gasteiger charge is 2.28. The second-order valence-electron chi connectivity index (χ2n) is 5.96. The second kappa shape index (κ2) is 7.25. The average molecular weight is 360 g/mol. The van der Waals surface area contributed by atoms with E-state index in [0.717, 1.165) is 18.4 Å². The topological polar surface area (TPSA) is 84.5 Å². The molecular formula is C18H20N2O4S. The first-order chi connectivity index (χ1) is 12.0. The molecule has 1 aliphatic rings. The number of ether oxygens (including phenoxy) is 1. The number of carbonyl (C=O) groups excluding carboxylic acids is 1. The molecule has 0 aliphatic heterocycles. The normalized spacial score (nSPS) is 14.1. The summed E-state index contributed by atoms with van der Waals surface area (Å²) in [6.45, 7) is 0. The minimum atomic E-state index is -3.55. The van der Waals surface area contributed by atoms with E-state index in [-0.39, 0.29) is 23.3 Å². The number of amides is 1. The van der Waals surface area contributed by atoms with Gasteiger partial charge in [0.2, 0.25) is 15.9 Å². The number of anilines is 1. The van der Waals surface area contributed by atoms with Crippen molar-refractivity contribution in [3.05, 3.63) is 54.1 Å². The summed E-state index contributed by atoms with van der Waals surface area (Å²) in [7, 11) is -1.99. The van der Waals surface area contributed by atoms with Crippen LogP contribution in [-0.2, 0) is 21.2 Å². The molecule has 1 aliphatic carbocycles. The molecule has 0 aromatic heterocycles. The van der Waals surface area contributed by atoms with Crippen LogP contribution in [-0.4, -0.2) is 27.5 Å². The van der Waals surface area contributed by atoms with Gasteiger partial charge in [-0.05, 0) is 37.1 Å². The molecule has 0 heterocycles. The first-order valence-electron chi connectivity index (χ1n) is 8.02. The predicted molar refractivity (Wildman–Crippen MR) is 95.1 cm³/mol. The predicted octanol–water partition coefficient (Wildman–Crippen LogP) is 2.32. The van der Waals surface area contributed by atoms with Crippen molar-refractivity contribution in [1.29, 1.82) is 0 Å². The third-order valence-electron chi connectivity index (χ3n) is 3.87. The molecule has 132 valence electrons. The Morgan fingerprint density at radius 1 is 1.16 bits per heavy atom. The highest BCUT2D eigenvalue weighted by atomic mass is 32.2. The minimum absolute atomic E-state index is 0.0359.